The van der Waals surface area contributed by atoms with Crippen molar-refractivity contribution in [3.63, 3.8) is 0 Å². The Bertz CT molecular complexity index is 681. The topological polar surface area (TPSA) is 61.1 Å². The lowest BCUT2D eigenvalue weighted by Gasteiger charge is -2.07. The Morgan fingerprint density at radius 1 is 1.05 bits per heavy atom. The number of nitriles is 1. The van der Waals surface area contributed by atoms with Crippen LogP contribution >= 0.6 is 0 Å². The predicted molar refractivity (Wildman–Crippen MR) is 73.3 cm³/mol. The van der Waals surface area contributed by atoms with Gasteiger partial charge in [-0.05, 0) is 23.3 Å². The van der Waals surface area contributed by atoms with Crippen LogP contribution in [0.1, 0.15) is 11.1 Å². The van der Waals surface area contributed by atoms with Crippen molar-refractivity contribution in [1.82, 2.24) is 0 Å². The fraction of sp³-hybridized carbons (Fsp3) is 0. The van der Waals surface area contributed by atoms with E-state index in [-0.39, 0.29) is 0 Å². The van der Waals surface area contributed by atoms with Crippen molar-refractivity contribution in [1.29, 1.82) is 5.26 Å². The number of hydrogen-bond donors (Lipinski definition) is 1. The van der Waals surface area contributed by atoms with Gasteiger partial charge in [-0.3, -0.25) is 0 Å². The molecule has 2 aromatic rings. The van der Waals surface area contributed by atoms with E-state index in [9.17, 15) is 4.79 Å². The van der Waals surface area contributed by atoms with Crippen LogP contribution in [0.25, 0.3) is 17.2 Å². The number of benzene rings is 2. The molecule has 0 fully saturated rings. The van der Waals surface area contributed by atoms with Crippen molar-refractivity contribution in [2.75, 3.05) is 0 Å². The van der Waals surface area contributed by atoms with E-state index in [2.05, 4.69) is 6.07 Å². The van der Waals surface area contributed by atoms with E-state index in [0.29, 0.717) is 5.56 Å². The minimum atomic E-state index is -0.997. The van der Waals surface area contributed by atoms with E-state index in [1.807, 2.05) is 36.4 Å². The average molecular weight is 249 g/mol. The van der Waals surface area contributed by atoms with Gasteiger partial charge in [0.25, 0.3) is 0 Å². The maximum atomic E-state index is 10.6. The second-order valence-corrected chi connectivity index (χ2v) is 3.92. The quantitative estimate of drug-likeness (QED) is 0.849. The lowest BCUT2D eigenvalue weighted by Crippen LogP contribution is -1.89. The summed E-state index contributed by atoms with van der Waals surface area (Å²) < 4.78 is 0. The largest absolute Gasteiger partial charge is 0.478 e. The average Bonchev–Trinajstić information content (AvgIpc) is 2.45. The van der Waals surface area contributed by atoms with Crippen LogP contribution < -0.4 is 0 Å². The van der Waals surface area contributed by atoms with Crippen molar-refractivity contribution in [3.05, 3.63) is 65.7 Å². The summed E-state index contributed by atoms with van der Waals surface area (Å²) in [6.45, 7) is 0. The SMILES string of the molecule is N#Cc1ccccc1-c1ccccc1/C=C\C(=O)O. The van der Waals surface area contributed by atoms with E-state index < -0.39 is 5.97 Å². The van der Waals surface area contributed by atoms with Crippen LogP contribution in [0, 0.1) is 11.3 Å². The number of carboxylic acids is 1. The molecule has 0 aliphatic heterocycles. The summed E-state index contributed by atoms with van der Waals surface area (Å²) in [6, 6.07) is 16.8. The van der Waals surface area contributed by atoms with Gasteiger partial charge in [0.1, 0.15) is 0 Å². The molecule has 0 spiro atoms. The van der Waals surface area contributed by atoms with Crippen LogP contribution in [0.4, 0.5) is 0 Å². The highest BCUT2D eigenvalue weighted by Crippen LogP contribution is 2.27. The highest BCUT2D eigenvalue weighted by molar-refractivity contribution is 5.88. The zero-order chi connectivity index (χ0) is 13.7. The molecule has 92 valence electrons. The van der Waals surface area contributed by atoms with Crippen molar-refractivity contribution in [2.45, 2.75) is 0 Å². The predicted octanol–water partition coefficient (Wildman–Crippen LogP) is 3.32. The molecule has 0 radical (unpaired) electrons. The molecule has 19 heavy (non-hydrogen) atoms. The van der Waals surface area contributed by atoms with Gasteiger partial charge in [0.15, 0.2) is 0 Å². The lowest BCUT2D eigenvalue weighted by molar-refractivity contribution is -0.131. The van der Waals surface area contributed by atoms with Crippen LogP contribution in [0.3, 0.4) is 0 Å². The number of hydrogen-bond acceptors (Lipinski definition) is 2. The van der Waals surface area contributed by atoms with Gasteiger partial charge in [-0.15, -0.1) is 0 Å². The van der Waals surface area contributed by atoms with Crippen LogP contribution in [0.5, 0.6) is 0 Å². The minimum absolute atomic E-state index is 0.568. The van der Waals surface area contributed by atoms with Gasteiger partial charge >= 0.3 is 5.97 Å². The summed E-state index contributed by atoms with van der Waals surface area (Å²) in [5, 5.41) is 17.8. The molecular formula is C16H11NO2. The molecule has 0 amide bonds. The van der Waals surface area contributed by atoms with Crippen LogP contribution in [0.2, 0.25) is 0 Å². The first-order chi connectivity index (χ1) is 9.22. The number of carboxylic acid groups (broad SMARTS) is 1. The normalized spacial score (nSPS) is 10.3. The minimum Gasteiger partial charge on any atom is -0.478 e. The number of aliphatic carboxylic acids is 1. The van der Waals surface area contributed by atoms with E-state index in [4.69, 9.17) is 10.4 Å². The third kappa shape index (κ3) is 2.88. The molecule has 3 heteroatoms. The van der Waals surface area contributed by atoms with Gasteiger partial charge in [-0.1, -0.05) is 42.5 Å². The smallest absolute Gasteiger partial charge is 0.328 e. The number of carbonyl (C=O) groups is 1. The Labute approximate surface area is 111 Å². The molecule has 2 aromatic carbocycles. The summed E-state index contributed by atoms with van der Waals surface area (Å²) in [6.07, 6.45) is 2.62. The molecular weight excluding hydrogens is 238 g/mol. The molecule has 0 unspecified atom stereocenters. The number of nitrogens with zero attached hydrogens (tertiary/aromatic N) is 1. The van der Waals surface area contributed by atoms with Crippen molar-refractivity contribution >= 4 is 12.0 Å². The fourth-order valence-corrected chi connectivity index (χ4v) is 1.86. The maximum Gasteiger partial charge on any atom is 0.328 e. The third-order valence-electron chi connectivity index (χ3n) is 2.70. The van der Waals surface area contributed by atoms with Gasteiger partial charge in [0.05, 0.1) is 11.6 Å². The summed E-state index contributed by atoms with van der Waals surface area (Å²) in [5.41, 5.74) is 2.99. The van der Waals surface area contributed by atoms with Gasteiger partial charge < -0.3 is 5.11 Å². The van der Waals surface area contributed by atoms with Crippen LogP contribution in [0.15, 0.2) is 54.6 Å². The Balaban J connectivity index is 2.57. The second kappa shape index (κ2) is 5.65. The van der Waals surface area contributed by atoms with Crippen molar-refractivity contribution < 1.29 is 9.90 Å². The van der Waals surface area contributed by atoms with Gasteiger partial charge in [0.2, 0.25) is 0 Å². The molecule has 0 heterocycles. The van der Waals surface area contributed by atoms with E-state index >= 15 is 0 Å². The standard InChI is InChI=1S/C16H11NO2/c17-11-13-6-2-4-8-15(13)14-7-3-1-5-12(14)9-10-16(18)19/h1-10H,(H,18,19)/b10-9-. The molecule has 0 atom stereocenters. The highest BCUT2D eigenvalue weighted by atomic mass is 16.4. The van der Waals surface area contributed by atoms with Gasteiger partial charge in [0, 0.05) is 11.6 Å². The third-order valence-corrected chi connectivity index (χ3v) is 2.70. The van der Waals surface area contributed by atoms with E-state index in [1.165, 1.54) is 6.08 Å². The molecule has 0 aliphatic carbocycles. The molecule has 0 aliphatic rings. The first-order valence-corrected chi connectivity index (χ1v) is 5.72. The van der Waals surface area contributed by atoms with Crippen LogP contribution in [-0.2, 0) is 4.79 Å². The zero-order valence-corrected chi connectivity index (χ0v) is 10.1. The molecule has 1 N–H and O–H groups in total. The molecule has 2 rings (SSSR count). The Hall–Kier alpha value is -2.86. The Morgan fingerprint density at radius 2 is 1.68 bits per heavy atom. The van der Waals surface area contributed by atoms with Crippen molar-refractivity contribution in [3.8, 4) is 17.2 Å². The summed E-state index contributed by atoms with van der Waals surface area (Å²) in [5.74, 6) is -0.997. The van der Waals surface area contributed by atoms with Crippen LogP contribution in [-0.4, -0.2) is 11.1 Å². The fourth-order valence-electron chi connectivity index (χ4n) is 1.86. The second-order valence-electron chi connectivity index (χ2n) is 3.92. The molecule has 0 saturated carbocycles. The molecule has 0 saturated heterocycles. The van der Waals surface area contributed by atoms with Gasteiger partial charge in [-0.2, -0.15) is 5.26 Å². The molecule has 0 bridgehead atoms. The maximum absolute atomic E-state index is 10.6. The Morgan fingerprint density at radius 3 is 2.37 bits per heavy atom. The Kier molecular flexibility index (Phi) is 3.75. The summed E-state index contributed by atoms with van der Waals surface area (Å²) >= 11 is 0. The monoisotopic (exact) mass is 249 g/mol. The zero-order valence-electron chi connectivity index (χ0n) is 10.1. The molecule has 3 nitrogen and oxygen atoms in total. The first-order valence-electron chi connectivity index (χ1n) is 5.72. The van der Waals surface area contributed by atoms with Crippen molar-refractivity contribution in [2.24, 2.45) is 0 Å². The van der Waals surface area contributed by atoms with E-state index in [0.717, 1.165) is 22.8 Å². The summed E-state index contributed by atoms with van der Waals surface area (Å²) in [7, 11) is 0. The molecule has 0 aromatic heterocycles. The number of rotatable bonds is 3. The summed E-state index contributed by atoms with van der Waals surface area (Å²) in [4.78, 5) is 10.6. The van der Waals surface area contributed by atoms with Gasteiger partial charge in [-0.25, -0.2) is 4.79 Å². The first kappa shape index (κ1) is 12.6. The van der Waals surface area contributed by atoms with E-state index in [1.54, 1.807) is 12.1 Å². The highest BCUT2D eigenvalue weighted by Gasteiger charge is 2.07. The lowest BCUT2D eigenvalue weighted by atomic mass is 9.96.